The number of hydrogen-bond donors (Lipinski definition) is 0. The molecular formula is C20H19N3O4. The van der Waals surface area contributed by atoms with Crippen LogP contribution in [-0.4, -0.2) is 27.8 Å². The lowest BCUT2D eigenvalue weighted by atomic mass is 10.0. The first-order valence-electron chi connectivity index (χ1n) is 8.38. The molecule has 27 heavy (non-hydrogen) atoms. The van der Waals surface area contributed by atoms with Crippen LogP contribution in [-0.2, 0) is 16.0 Å². The van der Waals surface area contributed by atoms with Crippen LogP contribution in [0.2, 0.25) is 0 Å². The van der Waals surface area contributed by atoms with Crippen molar-refractivity contribution >= 4 is 11.7 Å². The average Bonchev–Trinajstić information content (AvgIpc) is 2.97. The molecule has 0 unspecified atom stereocenters. The van der Waals surface area contributed by atoms with Gasteiger partial charge in [-0.05, 0) is 37.6 Å². The van der Waals surface area contributed by atoms with Gasteiger partial charge in [-0.3, -0.25) is 14.9 Å². The van der Waals surface area contributed by atoms with Crippen LogP contribution in [0.3, 0.4) is 0 Å². The van der Waals surface area contributed by atoms with Gasteiger partial charge in [0.05, 0.1) is 41.1 Å². The normalized spacial score (nSPS) is 10.6. The fourth-order valence-corrected chi connectivity index (χ4v) is 3.04. The third-order valence-electron chi connectivity index (χ3n) is 4.34. The van der Waals surface area contributed by atoms with E-state index in [1.54, 1.807) is 29.8 Å². The van der Waals surface area contributed by atoms with Gasteiger partial charge in [-0.25, -0.2) is 4.68 Å². The molecule has 0 aliphatic rings. The number of benzene rings is 2. The largest absolute Gasteiger partial charge is 0.469 e. The first-order valence-corrected chi connectivity index (χ1v) is 8.38. The van der Waals surface area contributed by atoms with E-state index < -0.39 is 10.9 Å². The summed E-state index contributed by atoms with van der Waals surface area (Å²) in [7, 11) is 1.31. The van der Waals surface area contributed by atoms with Gasteiger partial charge in [0.1, 0.15) is 0 Å². The Bertz CT molecular complexity index is 1020. The maximum absolute atomic E-state index is 11.9. The Balaban J connectivity index is 2.32. The van der Waals surface area contributed by atoms with Gasteiger partial charge in [0.2, 0.25) is 0 Å². The monoisotopic (exact) mass is 365 g/mol. The van der Waals surface area contributed by atoms with E-state index in [2.05, 4.69) is 5.10 Å². The lowest BCUT2D eigenvalue weighted by Crippen LogP contribution is -2.07. The number of aryl methyl sites for hydroxylation is 2. The molecule has 3 aromatic rings. The predicted molar refractivity (Wildman–Crippen MR) is 101 cm³/mol. The molecule has 3 rings (SSSR count). The number of carbonyl (C=O) groups is 1. The van der Waals surface area contributed by atoms with Gasteiger partial charge in [0, 0.05) is 11.6 Å². The smallest absolute Gasteiger partial charge is 0.310 e. The Kier molecular flexibility index (Phi) is 5.03. The van der Waals surface area contributed by atoms with E-state index in [1.807, 2.05) is 31.2 Å². The standard InChI is InChI=1S/C20H19N3O4/c1-13-7-6-8-15(11-13)22-20(16-9-4-5-10-18(16)23(25)26)17(14(2)21-22)12-19(24)27-3/h4-11H,12H2,1-3H3. The molecule has 0 bridgehead atoms. The number of para-hydroxylation sites is 1. The van der Waals surface area contributed by atoms with Crippen LogP contribution in [0.4, 0.5) is 5.69 Å². The maximum Gasteiger partial charge on any atom is 0.310 e. The predicted octanol–water partition coefficient (Wildman–Crippen LogP) is 3.78. The van der Waals surface area contributed by atoms with Crippen molar-refractivity contribution in [2.75, 3.05) is 7.11 Å². The number of methoxy groups -OCH3 is 1. The minimum absolute atomic E-state index is 0.0183. The number of nitro groups is 1. The summed E-state index contributed by atoms with van der Waals surface area (Å²) in [6.45, 7) is 3.74. The summed E-state index contributed by atoms with van der Waals surface area (Å²) in [5.74, 6) is -0.429. The van der Waals surface area contributed by atoms with Gasteiger partial charge in [-0.15, -0.1) is 0 Å². The summed E-state index contributed by atoms with van der Waals surface area (Å²) < 4.78 is 6.46. The Morgan fingerprint density at radius 2 is 1.93 bits per heavy atom. The molecule has 0 spiro atoms. The van der Waals surface area contributed by atoms with E-state index >= 15 is 0 Å². The number of aromatic nitrogens is 2. The highest BCUT2D eigenvalue weighted by molar-refractivity contribution is 5.81. The van der Waals surface area contributed by atoms with Gasteiger partial charge < -0.3 is 4.74 Å². The second-order valence-corrected chi connectivity index (χ2v) is 6.19. The van der Waals surface area contributed by atoms with E-state index in [4.69, 9.17) is 4.74 Å². The molecule has 0 aliphatic heterocycles. The van der Waals surface area contributed by atoms with Gasteiger partial charge in [-0.2, -0.15) is 5.10 Å². The number of nitrogens with zero attached hydrogens (tertiary/aromatic N) is 3. The van der Waals surface area contributed by atoms with Gasteiger partial charge in [-0.1, -0.05) is 24.3 Å². The van der Waals surface area contributed by atoms with Gasteiger partial charge in [0.15, 0.2) is 0 Å². The zero-order chi connectivity index (χ0) is 19.6. The van der Waals surface area contributed by atoms with Crippen molar-refractivity contribution in [3.05, 3.63) is 75.5 Å². The first-order chi connectivity index (χ1) is 12.9. The Morgan fingerprint density at radius 3 is 2.59 bits per heavy atom. The van der Waals surface area contributed by atoms with E-state index in [0.717, 1.165) is 11.3 Å². The van der Waals surface area contributed by atoms with Crippen LogP contribution in [0.1, 0.15) is 16.8 Å². The Hall–Kier alpha value is -3.48. The zero-order valence-electron chi connectivity index (χ0n) is 15.3. The van der Waals surface area contributed by atoms with Crippen molar-refractivity contribution in [3.63, 3.8) is 0 Å². The summed E-state index contributed by atoms with van der Waals surface area (Å²) in [5.41, 5.74) is 3.91. The Labute approximate surface area is 156 Å². The first kappa shape index (κ1) is 18.3. The SMILES string of the molecule is COC(=O)Cc1c(C)nn(-c2cccc(C)c2)c1-c1ccccc1[N+](=O)[O-]. The summed E-state index contributed by atoms with van der Waals surface area (Å²) in [6, 6.07) is 14.1. The third-order valence-corrected chi connectivity index (χ3v) is 4.34. The summed E-state index contributed by atoms with van der Waals surface area (Å²) in [5, 5.41) is 16.2. The number of carbonyl (C=O) groups excluding carboxylic acids is 1. The quantitative estimate of drug-likeness (QED) is 0.390. The zero-order valence-corrected chi connectivity index (χ0v) is 15.3. The number of hydrogen-bond acceptors (Lipinski definition) is 5. The minimum atomic E-state index is -0.430. The Morgan fingerprint density at radius 1 is 1.19 bits per heavy atom. The fraction of sp³-hybridized carbons (Fsp3) is 0.200. The van der Waals surface area contributed by atoms with Crippen LogP contribution in [0.25, 0.3) is 16.9 Å². The van der Waals surface area contributed by atoms with Crippen molar-refractivity contribution in [1.82, 2.24) is 9.78 Å². The van der Waals surface area contributed by atoms with E-state index in [1.165, 1.54) is 13.2 Å². The summed E-state index contributed by atoms with van der Waals surface area (Å²) >= 11 is 0. The maximum atomic E-state index is 11.9. The lowest BCUT2D eigenvalue weighted by Gasteiger charge is -2.11. The van der Waals surface area contributed by atoms with Gasteiger partial charge in [0.25, 0.3) is 5.69 Å². The molecule has 0 N–H and O–H groups in total. The number of nitro benzene ring substituents is 1. The summed E-state index contributed by atoms with van der Waals surface area (Å²) in [4.78, 5) is 23.1. The number of ether oxygens (including phenoxy) is 1. The molecule has 0 fully saturated rings. The molecule has 0 radical (unpaired) electrons. The highest BCUT2D eigenvalue weighted by Gasteiger charge is 2.26. The second-order valence-electron chi connectivity index (χ2n) is 6.19. The van der Waals surface area contributed by atoms with Crippen LogP contribution < -0.4 is 0 Å². The second kappa shape index (κ2) is 7.41. The van der Waals surface area contributed by atoms with Crippen molar-refractivity contribution in [2.24, 2.45) is 0 Å². The van der Waals surface area contributed by atoms with Crippen LogP contribution in [0.15, 0.2) is 48.5 Å². The van der Waals surface area contributed by atoms with E-state index in [-0.39, 0.29) is 12.1 Å². The molecule has 1 aromatic heterocycles. The summed E-state index contributed by atoms with van der Waals surface area (Å²) in [6.07, 6.45) is -0.0183. The highest BCUT2D eigenvalue weighted by Crippen LogP contribution is 2.35. The molecule has 0 amide bonds. The van der Waals surface area contributed by atoms with E-state index in [9.17, 15) is 14.9 Å². The molecular weight excluding hydrogens is 346 g/mol. The lowest BCUT2D eigenvalue weighted by molar-refractivity contribution is -0.384. The van der Waals surface area contributed by atoms with Crippen LogP contribution in [0.5, 0.6) is 0 Å². The van der Waals surface area contributed by atoms with Crippen molar-refractivity contribution in [1.29, 1.82) is 0 Å². The number of rotatable bonds is 5. The molecule has 7 heteroatoms. The average molecular weight is 365 g/mol. The van der Waals surface area contributed by atoms with Crippen molar-refractivity contribution < 1.29 is 14.5 Å². The molecule has 138 valence electrons. The molecule has 7 nitrogen and oxygen atoms in total. The minimum Gasteiger partial charge on any atom is -0.469 e. The van der Waals surface area contributed by atoms with E-state index in [0.29, 0.717) is 22.5 Å². The third kappa shape index (κ3) is 3.57. The van der Waals surface area contributed by atoms with Crippen LogP contribution >= 0.6 is 0 Å². The topological polar surface area (TPSA) is 87.3 Å². The number of esters is 1. The molecule has 0 saturated heterocycles. The molecule has 0 atom stereocenters. The fourth-order valence-electron chi connectivity index (χ4n) is 3.04. The van der Waals surface area contributed by atoms with Crippen molar-refractivity contribution in [3.8, 4) is 16.9 Å². The molecule has 2 aromatic carbocycles. The van der Waals surface area contributed by atoms with Crippen molar-refractivity contribution in [2.45, 2.75) is 20.3 Å². The van der Waals surface area contributed by atoms with Crippen LogP contribution in [0, 0.1) is 24.0 Å². The van der Waals surface area contributed by atoms with Gasteiger partial charge >= 0.3 is 5.97 Å². The molecule has 0 aliphatic carbocycles. The molecule has 1 heterocycles. The molecule has 0 saturated carbocycles. The highest BCUT2D eigenvalue weighted by atomic mass is 16.6.